The Bertz CT molecular complexity index is 3470. The van der Waals surface area contributed by atoms with Crippen LogP contribution in [0.3, 0.4) is 0 Å². The van der Waals surface area contributed by atoms with Crippen LogP contribution >= 0.6 is 0 Å². The van der Waals surface area contributed by atoms with Gasteiger partial charge in [-0.2, -0.15) is 9.97 Å². The van der Waals surface area contributed by atoms with Crippen molar-refractivity contribution in [3.8, 4) is 62.1 Å². The van der Waals surface area contributed by atoms with Crippen LogP contribution in [0.4, 0.5) is 0 Å². The van der Waals surface area contributed by atoms with E-state index in [9.17, 15) is 1.37 Å². The van der Waals surface area contributed by atoms with Gasteiger partial charge in [0.15, 0.2) is 11.6 Å². The molecule has 0 saturated carbocycles. The average Bonchev–Trinajstić information content (AvgIpc) is 3.87. The first-order valence-corrected chi connectivity index (χ1v) is 18.4. The fourth-order valence-corrected chi connectivity index (χ4v) is 7.69. The number of nitrogens with zero attached hydrogens (tertiary/aromatic N) is 4. The maximum absolute atomic E-state index is 9.30. The summed E-state index contributed by atoms with van der Waals surface area (Å²) < 4.78 is 44.2. The van der Waals surface area contributed by atoms with Crippen molar-refractivity contribution in [2.45, 2.75) is 0 Å². The highest BCUT2D eigenvalue weighted by molar-refractivity contribution is 6.11. The molecule has 0 bridgehead atoms. The molecule has 11 aromatic rings. The standard InChI is InChI=1S/C51H32N4O/c1-3-13-33(14-4-1)35-25-27-36(28-26-35)49-52-50(44-22-12-21-43-42-20-8-10-24-47(42)56-48(43)44)54-51(53-49)55-45-23-9-7-19-40(45)41-30-29-39(32-46(41)55)38-18-11-17-37(31-38)34-15-5-2-6-16-34/h1-32H/i7D,9D,19D,23D. The van der Waals surface area contributed by atoms with E-state index in [1.165, 1.54) is 0 Å². The van der Waals surface area contributed by atoms with Crippen LogP contribution in [0.1, 0.15) is 5.48 Å². The minimum absolute atomic E-state index is 0.133. The lowest BCUT2D eigenvalue weighted by Crippen LogP contribution is -2.06. The van der Waals surface area contributed by atoms with Crippen LogP contribution in [0.25, 0.3) is 106 Å². The molecule has 0 fully saturated rings. The molecule has 0 aliphatic rings. The summed E-state index contributed by atoms with van der Waals surface area (Å²) in [5, 5.41) is 2.93. The van der Waals surface area contributed by atoms with E-state index in [0.29, 0.717) is 39.1 Å². The van der Waals surface area contributed by atoms with Gasteiger partial charge >= 0.3 is 0 Å². The van der Waals surface area contributed by atoms with E-state index in [0.717, 1.165) is 55.3 Å². The smallest absolute Gasteiger partial charge is 0.238 e. The third kappa shape index (κ3) is 5.37. The summed E-state index contributed by atoms with van der Waals surface area (Å²) in [6.45, 7) is 0. The Kier molecular flexibility index (Phi) is 6.50. The molecule has 56 heavy (non-hydrogen) atoms. The molecule has 0 unspecified atom stereocenters. The van der Waals surface area contributed by atoms with Crippen LogP contribution in [0, 0.1) is 0 Å². The molecule has 0 spiro atoms. The molecule has 0 radical (unpaired) electrons. The number of para-hydroxylation sites is 3. The summed E-state index contributed by atoms with van der Waals surface area (Å²) in [4.78, 5) is 15.4. The van der Waals surface area contributed by atoms with Crippen LogP contribution in [0.5, 0.6) is 0 Å². The van der Waals surface area contributed by atoms with Crippen molar-refractivity contribution in [1.82, 2.24) is 19.5 Å². The van der Waals surface area contributed by atoms with E-state index in [1.807, 2.05) is 127 Å². The van der Waals surface area contributed by atoms with Gasteiger partial charge in [0.1, 0.15) is 11.2 Å². The van der Waals surface area contributed by atoms with Crippen LogP contribution in [-0.4, -0.2) is 19.5 Å². The lowest BCUT2D eigenvalue weighted by atomic mass is 9.98. The maximum atomic E-state index is 9.30. The fourth-order valence-electron chi connectivity index (χ4n) is 7.69. The molecule has 0 N–H and O–H groups in total. The Hall–Kier alpha value is -7.63. The molecule has 3 heterocycles. The van der Waals surface area contributed by atoms with Gasteiger partial charge in [-0.05, 0) is 63.7 Å². The minimum Gasteiger partial charge on any atom is -0.455 e. The Labute approximate surface area is 328 Å². The highest BCUT2D eigenvalue weighted by Crippen LogP contribution is 2.38. The molecule has 11 rings (SSSR count). The molecule has 5 heteroatoms. The topological polar surface area (TPSA) is 56.7 Å². The van der Waals surface area contributed by atoms with Gasteiger partial charge in [-0.25, -0.2) is 4.98 Å². The van der Waals surface area contributed by atoms with E-state index in [1.54, 1.807) is 4.57 Å². The Morgan fingerprint density at radius 3 is 1.82 bits per heavy atom. The quantitative estimate of drug-likeness (QED) is 0.172. The first-order valence-electron chi connectivity index (χ1n) is 20.4. The van der Waals surface area contributed by atoms with Crippen LogP contribution in [0.2, 0.25) is 0 Å². The summed E-state index contributed by atoms with van der Waals surface area (Å²) in [5.41, 5.74) is 9.86. The minimum atomic E-state index is -0.342. The third-order valence-corrected chi connectivity index (χ3v) is 10.4. The van der Waals surface area contributed by atoms with Crippen molar-refractivity contribution >= 4 is 43.7 Å². The van der Waals surface area contributed by atoms with E-state index in [2.05, 4.69) is 42.5 Å². The van der Waals surface area contributed by atoms with Gasteiger partial charge in [0.25, 0.3) is 0 Å². The first-order chi connectivity index (χ1) is 29.4. The molecule has 262 valence electrons. The van der Waals surface area contributed by atoms with Gasteiger partial charge in [0, 0.05) is 27.1 Å². The van der Waals surface area contributed by atoms with Gasteiger partial charge in [-0.15, -0.1) is 0 Å². The second-order valence-corrected chi connectivity index (χ2v) is 13.7. The van der Waals surface area contributed by atoms with E-state index in [-0.39, 0.29) is 35.6 Å². The molecule has 3 aromatic heterocycles. The molecule has 0 atom stereocenters. The van der Waals surface area contributed by atoms with Crippen molar-refractivity contribution < 1.29 is 9.90 Å². The predicted octanol–water partition coefficient (Wildman–Crippen LogP) is 13.2. The van der Waals surface area contributed by atoms with Crippen LogP contribution < -0.4 is 0 Å². The number of hydrogen-bond donors (Lipinski definition) is 0. The molecular formula is C51H32N4O. The van der Waals surface area contributed by atoms with Gasteiger partial charge < -0.3 is 4.42 Å². The number of furan rings is 1. The van der Waals surface area contributed by atoms with Gasteiger partial charge in [-0.1, -0.05) is 164 Å². The van der Waals surface area contributed by atoms with Crippen molar-refractivity contribution in [3.63, 3.8) is 0 Å². The Balaban J connectivity index is 1.19. The zero-order valence-electron chi connectivity index (χ0n) is 33.9. The number of aromatic nitrogens is 4. The lowest BCUT2D eigenvalue weighted by molar-refractivity contribution is 0.669. The lowest BCUT2D eigenvalue weighted by Gasteiger charge is -2.12. The summed E-state index contributed by atoms with van der Waals surface area (Å²) in [5.74, 6) is 0.954. The van der Waals surface area contributed by atoms with Crippen molar-refractivity contribution in [2.75, 3.05) is 0 Å². The summed E-state index contributed by atoms with van der Waals surface area (Å²) in [6.07, 6.45) is 0. The van der Waals surface area contributed by atoms with Crippen LogP contribution in [0.15, 0.2) is 198 Å². The maximum Gasteiger partial charge on any atom is 0.238 e. The van der Waals surface area contributed by atoms with E-state index in [4.69, 9.17) is 23.5 Å². The highest BCUT2D eigenvalue weighted by atomic mass is 16.3. The fraction of sp³-hybridized carbons (Fsp3) is 0. The number of fused-ring (bicyclic) bond motifs is 6. The molecule has 8 aromatic carbocycles. The second-order valence-electron chi connectivity index (χ2n) is 13.7. The number of benzene rings is 8. The monoisotopic (exact) mass is 720 g/mol. The highest BCUT2D eigenvalue weighted by Gasteiger charge is 2.21. The Morgan fingerprint density at radius 1 is 0.411 bits per heavy atom. The van der Waals surface area contributed by atoms with Crippen molar-refractivity contribution in [2.24, 2.45) is 0 Å². The second kappa shape index (κ2) is 13.0. The SMILES string of the molecule is [2H]c1c([2H])c([2H])c2c(c1[2H])c1ccc(-c3cccc(-c4ccccc4)c3)cc1n2-c1nc(-c2ccc(-c3ccccc3)cc2)nc(-c2cccc3c2oc2ccccc23)n1. The Morgan fingerprint density at radius 2 is 1.00 bits per heavy atom. The summed E-state index contributed by atoms with van der Waals surface area (Å²) in [6, 6.07) is 55.5. The molecular weight excluding hydrogens is 685 g/mol. The molecule has 0 amide bonds. The molecule has 0 aliphatic carbocycles. The normalized spacial score (nSPS) is 12.6. The molecule has 5 nitrogen and oxygen atoms in total. The average molecular weight is 721 g/mol. The molecule has 0 aliphatic heterocycles. The summed E-state index contributed by atoms with van der Waals surface area (Å²) >= 11 is 0. The van der Waals surface area contributed by atoms with Crippen molar-refractivity contribution in [3.05, 3.63) is 194 Å². The zero-order valence-corrected chi connectivity index (χ0v) is 29.9. The summed E-state index contributed by atoms with van der Waals surface area (Å²) in [7, 11) is 0. The van der Waals surface area contributed by atoms with E-state index >= 15 is 0 Å². The molecule has 0 saturated heterocycles. The number of rotatable bonds is 6. The van der Waals surface area contributed by atoms with E-state index < -0.39 is 0 Å². The van der Waals surface area contributed by atoms with Gasteiger partial charge in [-0.3, -0.25) is 4.57 Å². The van der Waals surface area contributed by atoms with Gasteiger partial charge in [0.05, 0.1) is 22.1 Å². The largest absolute Gasteiger partial charge is 0.455 e. The van der Waals surface area contributed by atoms with Gasteiger partial charge in [0.2, 0.25) is 5.95 Å². The van der Waals surface area contributed by atoms with Crippen molar-refractivity contribution in [1.29, 1.82) is 0 Å². The first kappa shape index (κ1) is 27.9. The third-order valence-electron chi connectivity index (χ3n) is 10.4. The van der Waals surface area contributed by atoms with Crippen LogP contribution in [-0.2, 0) is 0 Å². The number of hydrogen-bond acceptors (Lipinski definition) is 4. The zero-order chi connectivity index (χ0) is 40.5. The predicted molar refractivity (Wildman–Crippen MR) is 229 cm³/mol.